The van der Waals surface area contributed by atoms with Crippen molar-refractivity contribution in [3.05, 3.63) is 0 Å². The molecule has 4 atom stereocenters. The van der Waals surface area contributed by atoms with E-state index in [-0.39, 0.29) is 12.8 Å². The van der Waals surface area contributed by atoms with Gasteiger partial charge >= 0.3 is 11.9 Å². The Hall–Kier alpha value is -2.38. The van der Waals surface area contributed by atoms with E-state index in [1.165, 1.54) is 18.7 Å². The van der Waals surface area contributed by atoms with Gasteiger partial charge in [-0.25, -0.2) is 4.79 Å². The molecule has 0 fully saturated rings. The normalized spacial score (nSPS) is 14.6. The zero-order valence-corrected chi connectivity index (χ0v) is 18.6. The molecule has 12 nitrogen and oxygen atoms in total. The molecule has 13 heteroatoms. The number of amides is 3. The third-order valence-electron chi connectivity index (χ3n) is 4.23. The van der Waals surface area contributed by atoms with Gasteiger partial charge in [-0.1, -0.05) is 0 Å². The molecule has 0 aliphatic carbocycles. The maximum atomic E-state index is 12.8. The number of carbonyl (C=O) groups is 5. The molecule has 4 unspecified atom stereocenters. The standard InChI is InChI=1S/C18H33N5O7S/c1-10(20)15(26)21-11(5-3-4-7-19)16(27)22-12(6-8-31-2)17(28)23-13(18(29)30)9-14(24)25/h10-13H,3-9,19-20H2,1-2H3,(H,21,26)(H,22,27)(H,23,28)(H,24,25)(H,29,30). The first-order valence-electron chi connectivity index (χ1n) is 9.83. The highest BCUT2D eigenvalue weighted by molar-refractivity contribution is 7.98. The van der Waals surface area contributed by atoms with E-state index in [2.05, 4.69) is 16.0 Å². The number of hydrogen-bond donors (Lipinski definition) is 7. The number of nitrogens with two attached hydrogens (primary N) is 2. The molecule has 0 aromatic carbocycles. The van der Waals surface area contributed by atoms with Gasteiger partial charge in [0.15, 0.2) is 0 Å². The molecule has 3 amide bonds. The Morgan fingerprint density at radius 3 is 1.84 bits per heavy atom. The van der Waals surface area contributed by atoms with Crippen LogP contribution in [0.3, 0.4) is 0 Å². The first kappa shape index (κ1) is 28.6. The molecule has 0 bridgehead atoms. The van der Waals surface area contributed by atoms with Crippen molar-refractivity contribution in [1.29, 1.82) is 0 Å². The number of aliphatic carboxylic acids is 2. The number of thioether (sulfide) groups is 1. The number of hydrogen-bond acceptors (Lipinski definition) is 8. The summed E-state index contributed by atoms with van der Waals surface area (Å²) in [5.74, 6) is -4.41. The van der Waals surface area contributed by atoms with Crippen LogP contribution in [0.4, 0.5) is 0 Å². The van der Waals surface area contributed by atoms with E-state index in [9.17, 15) is 24.0 Å². The summed E-state index contributed by atoms with van der Waals surface area (Å²) in [5, 5.41) is 25.2. The summed E-state index contributed by atoms with van der Waals surface area (Å²) in [4.78, 5) is 59.4. The highest BCUT2D eigenvalue weighted by Crippen LogP contribution is 2.06. The van der Waals surface area contributed by atoms with Crippen LogP contribution in [0.5, 0.6) is 0 Å². The predicted molar refractivity (Wildman–Crippen MR) is 115 cm³/mol. The van der Waals surface area contributed by atoms with Crippen molar-refractivity contribution >= 4 is 41.4 Å². The Morgan fingerprint density at radius 1 is 0.871 bits per heavy atom. The Balaban J connectivity index is 5.36. The first-order valence-corrected chi connectivity index (χ1v) is 11.2. The Kier molecular flexibility index (Phi) is 14.2. The maximum absolute atomic E-state index is 12.8. The summed E-state index contributed by atoms with van der Waals surface area (Å²) in [5.41, 5.74) is 11.0. The fourth-order valence-electron chi connectivity index (χ4n) is 2.49. The van der Waals surface area contributed by atoms with Crippen LogP contribution in [0.1, 0.15) is 39.0 Å². The molecule has 0 saturated carbocycles. The number of carboxylic acid groups (broad SMARTS) is 2. The first-order chi connectivity index (χ1) is 14.5. The number of nitrogens with one attached hydrogen (secondary N) is 3. The molecule has 0 aliphatic rings. The molecule has 0 heterocycles. The van der Waals surface area contributed by atoms with Crippen molar-refractivity contribution < 1.29 is 34.2 Å². The molecule has 0 saturated heterocycles. The Labute approximate surface area is 185 Å². The summed E-state index contributed by atoms with van der Waals surface area (Å²) < 4.78 is 0. The summed E-state index contributed by atoms with van der Waals surface area (Å²) in [6, 6.07) is -4.55. The second-order valence-corrected chi connectivity index (χ2v) is 7.96. The Bertz CT molecular complexity index is 632. The minimum atomic E-state index is -1.64. The van der Waals surface area contributed by atoms with E-state index in [0.717, 1.165) is 0 Å². The number of unbranched alkanes of at least 4 members (excludes halogenated alkanes) is 1. The van der Waals surface area contributed by atoms with Crippen molar-refractivity contribution in [2.24, 2.45) is 11.5 Å². The average Bonchev–Trinajstić information content (AvgIpc) is 2.68. The topological polar surface area (TPSA) is 214 Å². The third-order valence-corrected chi connectivity index (χ3v) is 4.87. The van der Waals surface area contributed by atoms with Gasteiger partial charge in [-0.15, -0.1) is 0 Å². The van der Waals surface area contributed by atoms with Crippen molar-refractivity contribution in [1.82, 2.24) is 16.0 Å². The fourth-order valence-corrected chi connectivity index (χ4v) is 2.96. The molecule has 9 N–H and O–H groups in total. The van der Waals surface area contributed by atoms with Gasteiger partial charge in [0.05, 0.1) is 12.5 Å². The van der Waals surface area contributed by atoms with Gasteiger partial charge in [0, 0.05) is 0 Å². The zero-order chi connectivity index (χ0) is 24.0. The number of rotatable bonds is 16. The quantitative estimate of drug-likeness (QED) is 0.128. The van der Waals surface area contributed by atoms with Crippen LogP contribution in [0.15, 0.2) is 0 Å². The van der Waals surface area contributed by atoms with Crippen LogP contribution >= 0.6 is 11.8 Å². The molecule has 0 radical (unpaired) electrons. The molecule has 0 spiro atoms. The molecule has 31 heavy (non-hydrogen) atoms. The van der Waals surface area contributed by atoms with Crippen molar-refractivity contribution in [3.63, 3.8) is 0 Å². The fraction of sp³-hybridized carbons (Fsp3) is 0.722. The van der Waals surface area contributed by atoms with E-state index in [1.54, 1.807) is 6.26 Å². The van der Waals surface area contributed by atoms with E-state index >= 15 is 0 Å². The lowest BCUT2D eigenvalue weighted by atomic mass is 10.1. The molecular weight excluding hydrogens is 430 g/mol. The van der Waals surface area contributed by atoms with Crippen molar-refractivity contribution in [3.8, 4) is 0 Å². The number of carboxylic acids is 2. The highest BCUT2D eigenvalue weighted by Gasteiger charge is 2.30. The highest BCUT2D eigenvalue weighted by atomic mass is 32.2. The molecule has 0 aromatic rings. The van der Waals surface area contributed by atoms with E-state index in [1.807, 2.05) is 0 Å². The maximum Gasteiger partial charge on any atom is 0.326 e. The van der Waals surface area contributed by atoms with E-state index in [4.69, 9.17) is 21.7 Å². The van der Waals surface area contributed by atoms with Crippen molar-refractivity contribution in [2.45, 2.75) is 63.2 Å². The summed E-state index contributed by atoms with van der Waals surface area (Å²) in [6.07, 6.45) is 2.61. The minimum Gasteiger partial charge on any atom is -0.481 e. The summed E-state index contributed by atoms with van der Waals surface area (Å²) >= 11 is 1.41. The lowest BCUT2D eigenvalue weighted by Gasteiger charge is -2.24. The molecular formula is C18H33N5O7S. The van der Waals surface area contributed by atoms with E-state index < -0.39 is 60.2 Å². The van der Waals surface area contributed by atoms with Crippen molar-refractivity contribution in [2.75, 3.05) is 18.6 Å². The van der Waals surface area contributed by atoms with Gasteiger partial charge < -0.3 is 37.6 Å². The van der Waals surface area contributed by atoms with Gasteiger partial charge in [-0.2, -0.15) is 11.8 Å². The molecule has 0 aromatic heterocycles. The zero-order valence-electron chi connectivity index (χ0n) is 17.8. The van der Waals surface area contributed by atoms with Gasteiger partial charge in [0.25, 0.3) is 0 Å². The van der Waals surface area contributed by atoms with Crippen LogP contribution in [0.25, 0.3) is 0 Å². The van der Waals surface area contributed by atoms with Gasteiger partial charge in [0.2, 0.25) is 17.7 Å². The average molecular weight is 464 g/mol. The second kappa shape index (κ2) is 15.4. The SMILES string of the molecule is CSCCC(NC(=O)C(CCCCN)NC(=O)C(C)N)C(=O)NC(CC(=O)O)C(=O)O. The third kappa shape index (κ3) is 12.2. The van der Waals surface area contributed by atoms with Crippen LogP contribution in [0.2, 0.25) is 0 Å². The van der Waals surface area contributed by atoms with E-state index in [0.29, 0.717) is 25.1 Å². The predicted octanol–water partition coefficient (Wildman–Crippen LogP) is -1.77. The second-order valence-electron chi connectivity index (χ2n) is 6.97. The smallest absolute Gasteiger partial charge is 0.326 e. The molecule has 0 aliphatic heterocycles. The number of carbonyl (C=O) groups excluding carboxylic acids is 3. The van der Waals surface area contributed by atoms with Gasteiger partial charge in [-0.05, 0) is 51.2 Å². The van der Waals surface area contributed by atoms with Crippen LogP contribution in [-0.4, -0.2) is 82.6 Å². The lowest BCUT2D eigenvalue weighted by Crippen LogP contribution is -2.57. The van der Waals surface area contributed by atoms with Gasteiger partial charge in [0.1, 0.15) is 18.1 Å². The lowest BCUT2D eigenvalue weighted by molar-refractivity contribution is -0.147. The van der Waals surface area contributed by atoms with Crippen LogP contribution < -0.4 is 27.4 Å². The van der Waals surface area contributed by atoms with Gasteiger partial charge in [-0.3, -0.25) is 19.2 Å². The van der Waals surface area contributed by atoms with Crippen LogP contribution in [-0.2, 0) is 24.0 Å². The van der Waals surface area contributed by atoms with Crippen LogP contribution in [0, 0.1) is 0 Å². The largest absolute Gasteiger partial charge is 0.481 e. The monoisotopic (exact) mass is 463 g/mol. The summed E-state index contributed by atoms with van der Waals surface area (Å²) in [6.45, 7) is 1.88. The minimum absolute atomic E-state index is 0.176. The molecule has 0 rings (SSSR count). The molecule has 178 valence electrons. The Morgan fingerprint density at radius 2 is 1.39 bits per heavy atom. The summed E-state index contributed by atoms with van der Waals surface area (Å²) in [7, 11) is 0.